The third kappa shape index (κ3) is 6.03. The van der Waals surface area contributed by atoms with Crippen molar-refractivity contribution in [3.63, 3.8) is 0 Å². The maximum atomic E-state index is 11.2. The average Bonchev–Trinajstić information content (AvgIpc) is 2.39. The van der Waals surface area contributed by atoms with Crippen LogP contribution in [0.25, 0.3) is 0 Å². The van der Waals surface area contributed by atoms with E-state index >= 15 is 0 Å². The van der Waals surface area contributed by atoms with E-state index in [9.17, 15) is 8.42 Å². The molecule has 0 unspecified atom stereocenters. The summed E-state index contributed by atoms with van der Waals surface area (Å²) in [6.07, 6.45) is 5.70. The predicted molar refractivity (Wildman–Crippen MR) is 83.1 cm³/mol. The fraction of sp³-hybridized carbons (Fsp3) is 0.600. The first kappa shape index (κ1) is 17.1. The maximum Gasteiger partial charge on any atom is 0.238 e. The highest BCUT2D eigenvalue weighted by atomic mass is 32.2. The minimum atomic E-state index is -3.58. The minimum Gasteiger partial charge on any atom is -0.314 e. The van der Waals surface area contributed by atoms with Gasteiger partial charge >= 0.3 is 0 Å². The van der Waals surface area contributed by atoms with E-state index < -0.39 is 10.0 Å². The summed E-state index contributed by atoms with van der Waals surface area (Å²) in [4.78, 5) is 0.170. The van der Waals surface area contributed by atoms with E-state index in [4.69, 9.17) is 5.14 Å². The Kier molecular flexibility index (Phi) is 7.19. The van der Waals surface area contributed by atoms with Gasteiger partial charge in [-0.2, -0.15) is 0 Å². The standard InChI is InChI=1S/C15H26N2O2S/c1-3-5-14(6-4-2)17-12-11-13-7-9-15(10-8-13)20(16,18)19/h7-10,14,17H,3-6,11-12H2,1-2H3,(H2,16,18,19). The second-order valence-corrected chi connectivity index (χ2v) is 6.73. The lowest BCUT2D eigenvalue weighted by Gasteiger charge is -2.17. The Bertz CT molecular complexity index is 477. The summed E-state index contributed by atoms with van der Waals surface area (Å²) < 4.78 is 22.3. The number of hydrogen-bond acceptors (Lipinski definition) is 3. The molecule has 0 aliphatic rings. The minimum absolute atomic E-state index is 0.170. The summed E-state index contributed by atoms with van der Waals surface area (Å²) in [5.41, 5.74) is 1.12. The Hall–Kier alpha value is -0.910. The van der Waals surface area contributed by atoms with Crippen LogP contribution in [0, 0.1) is 0 Å². The van der Waals surface area contributed by atoms with E-state index in [0.29, 0.717) is 6.04 Å². The molecule has 0 aliphatic carbocycles. The van der Waals surface area contributed by atoms with Gasteiger partial charge in [-0.15, -0.1) is 0 Å². The zero-order chi connectivity index (χ0) is 15.0. The number of nitrogens with one attached hydrogen (secondary N) is 1. The lowest BCUT2D eigenvalue weighted by Crippen LogP contribution is -2.30. The highest BCUT2D eigenvalue weighted by Gasteiger charge is 2.07. The van der Waals surface area contributed by atoms with Crippen LogP contribution in [0.2, 0.25) is 0 Å². The van der Waals surface area contributed by atoms with Crippen molar-refractivity contribution in [2.24, 2.45) is 5.14 Å². The molecule has 0 fully saturated rings. The molecule has 0 bridgehead atoms. The van der Waals surface area contributed by atoms with Crippen LogP contribution >= 0.6 is 0 Å². The topological polar surface area (TPSA) is 72.2 Å². The molecular formula is C15H26N2O2S. The molecule has 0 spiro atoms. The molecule has 1 rings (SSSR count). The van der Waals surface area contributed by atoms with Crippen LogP contribution in [-0.4, -0.2) is 21.0 Å². The van der Waals surface area contributed by atoms with Gasteiger partial charge in [0.2, 0.25) is 10.0 Å². The molecule has 1 aromatic carbocycles. The van der Waals surface area contributed by atoms with Crippen molar-refractivity contribution in [2.75, 3.05) is 6.54 Å². The van der Waals surface area contributed by atoms with E-state index in [-0.39, 0.29) is 4.90 Å². The van der Waals surface area contributed by atoms with Gasteiger partial charge in [0, 0.05) is 6.04 Å². The molecular weight excluding hydrogens is 272 g/mol. The zero-order valence-electron chi connectivity index (χ0n) is 12.4. The highest BCUT2D eigenvalue weighted by Crippen LogP contribution is 2.09. The van der Waals surface area contributed by atoms with Crippen LogP contribution < -0.4 is 10.5 Å². The first-order chi connectivity index (χ1) is 9.47. The molecule has 0 aliphatic heterocycles. The first-order valence-corrected chi connectivity index (χ1v) is 8.87. The molecule has 0 atom stereocenters. The van der Waals surface area contributed by atoms with E-state index in [1.165, 1.54) is 25.7 Å². The predicted octanol–water partition coefficient (Wildman–Crippen LogP) is 2.43. The fourth-order valence-electron chi connectivity index (χ4n) is 2.31. The van der Waals surface area contributed by atoms with Gasteiger partial charge in [-0.25, -0.2) is 13.6 Å². The lowest BCUT2D eigenvalue weighted by molar-refractivity contribution is 0.447. The van der Waals surface area contributed by atoms with Crippen molar-refractivity contribution in [3.8, 4) is 0 Å². The van der Waals surface area contributed by atoms with Crippen LogP contribution in [0.4, 0.5) is 0 Å². The molecule has 4 nitrogen and oxygen atoms in total. The molecule has 0 amide bonds. The Morgan fingerprint density at radius 3 is 2.10 bits per heavy atom. The Morgan fingerprint density at radius 2 is 1.65 bits per heavy atom. The molecule has 0 aromatic heterocycles. The number of hydrogen-bond donors (Lipinski definition) is 2. The third-order valence-corrected chi connectivity index (χ3v) is 4.30. The van der Waals surface area contributed by atoms with Gasteiger partial charge in [0.15, 0.2) is 0 Å². The van der Waals surface area contributed by atoms with Crippen LogP contribution in [0.15, 0.2) is 29.2 Å². The van der Waals surface area contributed by atoms with E-state index in [1.54, 1.807) is 12.1 Å². The van der Waals surface area contributed by atoms with Gasteiger partial charge in [0.1, 0.15) is 0 Å². The lowest BCUT2D eigenvalue weighted by atomic mass is 10.1. The van der Waals surface area contributed by atoms with Gasteiger partial charge in [-0.3, -0.25) is 0 Å². The summed E-state index contributed by atoms with van der Waals surface area (Å²) >= 11 is 0. The van der Waals surface area contributed by atoms with E-state index in [2.05, 4.69) is 19.2 Å². The molecule has 20 heavy (non-hydrogen) atoms. The molecule has 5 heteroatoms. The van der Waals surface area contributed by atoms with E-state index in [0.717, 1.165) is 18.5 Å². The maximum absolute atomic E-state index is 11.2. The Morgan fingerprint density at radius 1 is 1.10 bits per heavy atom. The molecule has 0 saturated carbocycles. The van der Waals surface area contributed by atoms with Crippen LogP contribution in [-0.2, 0) is 16.4 Å². The van der Waals surface area contributed by atoms with Crippen LogP contribution in [0.1, 0.15) is 45.1 Å². The van der Waals surface area contributed by atoms with Gasteiger partial charge in [0.05, 0.1) is 4.90 Å². The Balaban J connectivity index is 2.45. The summed E-state index contributed by atoms with van der Waals surface area (Å²) in [6.45, 7) is 5.33. The smallest absolute Gasteiger partial charge is 0.238 e. The molecule has 114 valence electrons. The second-order valence-electron chi connectivity index (χ2n) is 5.17. The number of benzene rings is 1. The largest absolute Gasteiger partial charge is 0.314 e. The van der Waals surface area contributed by atoms with Gasteiger partial charge in [-0.05, 0) is 43.5 Å². The van der Waals surface area contributed by atoms with Gasteiger partial charge in [0.25, 0.3) is 0 Å². The van der Waals surface area contributed by atoms with Crippen molar-refractivity contribution in [1.29, 1.82) is 0 Å². The summed E-state index contributed by atoms with van der Waals surface area (Å²) in [7, 11) is -3.58. The summed E-state index contributed by atoms with van der Waals surface area (Å²) in [5, 5.41) is 8.65. The van der Waals surface area contributed by atoms with Gasteiger partial charge < -0.3 is 5.32 Å². The van der Waals surface area contributed by atoms with Crippen molar-refractivity contribution >= 4 is 10.0 Å². The number of sulfonamides is 1. The molecule has 1 aromatic rings. The molecule has 0 heterocycles. The van der Waals surface area contributed by atoms with Crippen molar-refractivity contribution in [1.82, 2.24) is 5.32 Å². The first-order valence-electron chi connectivity index (χ1n) is 7.32. The van der Waals surface area contributed by atoms with Crippen LogP contribution in [0.5, 0.6) is 0 Å². The second kappa shape index (κ2) is 8.39. The van der Waals surface area contributed by atoms with Crippen molar-refractivity contribution in [2.45, 2.75) is 56.9 Å². The van der Waals surface area contributed by atoms with Crippen LogP contribution in [0.3, 0.4) is 0 Å². The van der Waals surface area contributed by atoms with Crippen molar-refractivity contribution < 1.29 is 8.42 Å². The number of primary sulfonamides is 1. The zero-order valence-corrected chi connectivity index (χ0v) is 13.2. The highest BCUT2D eigenvalue weighted by molar-refractivity contribution is 7.89. The molecule has 0 radical (unpaired) electrons. The van der Waals surface area contributed by atoms with Gasteiger partial charge in [-0.1, -0.05) is 38.8 Å². The Labute approximate surface area is 122 Å². The quantitative estimate of drug-likeness (QED) is 0.735. The molecule has 3 N–H and O–H groups in total. The monoisotopic (exact) mass is 298 g/mol. The summed E-state index contributed by atoms with van der Waals surface area (Å²) in [5.74, 6) is 0. The number of nitrogens with two attached hydrogens (primary N) is 1. The normalized spacial score (nSPS) is 12.0. The average molecular weight is 298 g/mol. The summed E-state index contributed by atoms with van der Waals surface area (Å²) in [6, 6.07) is 7.39. The number of rotatable bonds is 9. The third-order valence-electron chi connectivity index (χ3n) is 3.37. The van der Waals surface area contributed by atoms with E-state index in [1.807, 2.05) is 12.1 Å². The fourth-order valence-corrected chi connectivity index (χ4v) is 2.83. The molecule has 0 saturated heterocycles. The van der Waals surface area contributed by atoms with Crippen molar-refractivity contribution in [3.05, 3.63) is 29.8 Å². The SMILES string of the molecule is CCCC(CCC)NCCc1ccc(S(N)(=O)=O)cc1.